The average molecular weight is 506 g/mol. The summed E-state index contributed by atoms with van der Waals surface area (Å²) in [6, 6.07) is 8.55. The number of rotatable bonds is 6. The van der Waals surface area contributed by atoms with Gasteiger partial charge in [0, 0.05) is 45.0 Å². The van der Waals surface area contributed by atoms with E-state index in [1.165, 1.54) is 28.6 Å². The van der Waals surface area contributed by atoms with E-state index in [9.17, 15) is 31.8 Å². The van der Waals surface area contributed by atoms with Crippen LogP contribution in [0.25, 0.3) is 0 Å². The third kappa shape index (κ3) is 4.77. The fraction of sp³-hybridized carbons (Fsp3) is 0.524. The van der Waals surface area contributed by atoms with Crippen molar-refractivity contribution >= 4 is 27.0 Å². The van der Waals surface area contributed by atoms with E-state index in [0.717, 1.165) is 11.3 Å². The van der Waals surface area contributed by atoms with Crippen LogP contribution in [0.15, 0.2) is 46.0 Å². The number of aliphatic hydroxyl groups excluding tert-OH is 1. The van der Waals surface area contributed by atoms with Gasteiger partial charge in [0.05, 0.1) is 12.1 Å². The molecule has 2 saturated heterocycles. The molecular formula is C21H26F3N3O4S2. The lowest BCUT2D eigenvalue weighted by molar-refractivity contribution is -0.258. The monoisotopic (exact) mass is 505 g/mol. The molecular weight excluding hydrogens is 479 g/mol. The molecule has 4 rings (SSSR count). The summed E-state index contributed by atoms with van der Waals surface area (Å²) >= 11 is 1.16. The molecule has 7 nitrogen and oxygen atoms in total. The number of piperazine rings is 1. The van der Waals surface area contributed by atoms with Gasteiger partial charge in [-0.2, -0.15) is 17.5 Å². The Labute approximate surface area is 194 Å². The first-order chi connectivity index (χ1) is 15.4. The molecule has 12 heteroatoms. The van der Waals surface area contributed by atoms with Crippen LogP contribution in [0.4, 0.5) is 18.9 Å². The summed E-state index contributed by atoms with van der Waals surface area (Å²) in [4.78, 5) is 4.00. The van der Waals surface area contributed by atoms with Gasteiger partial charge < -0.3 is 15.1 Å². The smallest absolute Gasteiger partial charge is 0.390 e. The van der Waals surface area contributed by atoms with Crippen LogP contribution >= 0.6 is 11.3 Å². The maximum absolute atomic E-state index is 13.2. The molecule has 182 valence electrons. The topological polar surface area (TPSA) is 84.3 Å². The number of likely N-dealkylation sites (tertiary alicyclic amines) is 1. The minimum atomic E-state index is -4.81. The Hall–Kier alpha value is -1.70. The van der Waals surface area contributed by atoms with Crippen molar-refractivity contribution in [1.82, 2.24) is 9.21 Å². The van der Waals surface area contributed by atoms with Gasteiger partial charge in [0.15, 0.2) is 5.60 Å². The SMILES string of the molecule is C[C@](O)(c1ccc(N2CCN(S(=O)(=O)c3cccs3)C[C@H]2CN2CC(O)C2)cc1)C(F)(F)F. The predicted molar refractivity (Wildman–Crippen MR) is 119 cm³/mol. The largest absolute Gasteiger partial charge is 0.421 e. The highest BCUT2D eigenvalue weighted by Gasteiger charge is 2.51. The molecule has 2 aliphatic heterocycles. The van der Waals surface area contributed by atoms with E-state index in [2.05, 4.69) is 0 Å². The molecule has 0 aliphatic carbocycles. The number of hydrogen-bond acceptors (Lipinski definition) is 7. The van der Waals surface area contributed by atoms with Crippen LogP contribution in [0, 0.1) is 0 Å². The van der Waals surface area contributed by atoms with Crippen LogP contribution in [-0.4, -0.2) is 85.4 Å². The van der Waals surface area contributed by atoms with Crippen molar-refractivity contribution < 1.29 is 31.8 Å². The van der Waals surface area contributed by atoms with Gasteiger partial charge in [0.2, 0.25) is 0 Å². The third-order valence-electron chi connectivity index (χ3n) is 6.25. The lowest BCUT2D eigenvalue weighted by Crippen LogP contribution is -2.62. The molecule has 0 saturated carbocycles. The zero-order valence-corrected chi connectivity index (χ0v) is 19.6. The van der Waals surface area contributed by atoms with Crippen molar-refractivity contribution in [2.75, 3.05) is 44.2 Å². The second kappa shape index (κ2) is 8.82. The number of β-amino-alcohol motifs (C(OH)–C–C–N with tert-alkyl or cyclic N) is 1. The molecule has 3 heterocycles. The van der Waals surface area contributed by atoms with Gasteiger partial charge >= 0.3 is 6.18 Å². The zero-order chi connectivity index (χ0) is 24.0. The van der Waals surface area contributed by atoms with E-state index in [-0.39, 0.29) is 28.9 Å². The Balaban J connectivity index is 1.57. The fourth-order valence-corrected chi connectivity index (χ4v) is 6.82. The molecule has 1 aromatic carbocycles. The molecule has 2 N–H and O–H groups in total. The Kier molecular flexibility index (Phi) is 6.53. The minimum absolute atomic E-state index is 0.217. The summed E-state index contributed by atoms with van der Waals surface area (Å²) < 4.78 is 67.3. The number of alkyl halides is 3. The van der Waals surface area contributed by atoms with Crippen molar-refractivity contribution in [2.24, 2.45) is 0 Å². The fourth-order valence-electron chi connectivity index (χ4n) is 4.21. The van der Waals surface area contributed by atoms with E-state index in [4.69, 9.17) is 0 Å². The third-order valence-corrected chi connectivity index (χ3v) is 9.49. The second-order valence-corrected chi connectivity index (χ2v) is 11.7. The average Bonchev–Trinajstić information content (AvgIpc) is 3.28. The van der Waals surface area contributed by atoms with Crippen molar-refractivity contribution in [3.05, 3.63) is 47.3 Å². The van der Waals surface area contributed by atoms with E-state index in [1.807, 2.05) is 9.80 Å². The van der Waals surface area contributed by atoms with Crippen LogP contribution in [0.1, 0.15) is 12.5 Å². The summed E-state index contributed by atoms with van der Waals surface area (Å²) in [6.07, 6.45) is -5.21. The van der Waals surface area contributed by atoms with Crippen LogP contribution in [-0.2, 0) is 15.6 Å². The summed E-state index contributed by atoms with van der Waals surface area (Å²) in [7, 11) is -3.64. The number of benzene rings is 1. The molecule has 0 spiro atoms. The lowest BCUT2D eigenvalue weighted by atomic mass is 9.95. The number of nitrogens with zero attached hydrogens (tertiary/aromatic N) is 3. The second-order valence-electron chi connectivity index (χ2n) is 8.63. The molecule has 33 heavy (non-hydrogen) atoms. The van der Waals surface area contributed by atoms with Crippen molar-refractivity contribution in [1.29, 1.82) is 0 Å². The minimum Gasteiger partial charge on any atom is -0.390 e. The number of aliphatic hydroxyl groups is 2. The molecule has 2 fully saturated rings. The zero-order valence-electron chi connectivity index (χ0n) is 17.9. The summed E-state index contributed by atoms with van der Waals surface area (Å²) in [5.74, 6) is 0. The number of thiophene rings is 1. The van der Waals surface area contributed by atoms with Gasteiger partial charge in [-0.1, -0.05) is 18.2 Å². The normalized spacial score (nSPS) is 23.3. The highest BCUT2D eigenvalue weighted by Crippen LogP contribution is 2.39. The van der Waals surface area contributed by atoms with Gasteiger partial charge in [0.1, 0.15) is 4.21 Å². The van der Waals surface area contributed by atoms with Gasteiger partial charge in [-0.25, -0.2) is 8.42 Å². The quantitative estimate of drug-likeness (QED) is 0.626. The van der Waals surface area contributed by atoms with Crippen molar-refractivity contribution in [3.63, 3.8) is 0 Å². The van der Waals surface area contributed by atoms with Gasteiger partial charge in [-0.05, 0) is 36.1 Å². The van der Waals surface area contributed by atoms with Gasteiger partial charge in [-0.3, -0.25) is 4.90 Å². The summed E-state index contributed by atoms with van der Waals surface area (Å²) in [5, 5.41) is 21.3. The Morgan fingerprint density at radius 3 is 2.30 bits per heavy atom. The van der Waals surface area contributed by atoms with Gasteiger partial charge in [0.25, 0.3) is 10.0 Å². The van der Waals surface area contributed by atoms with E-state index < -0.39 is 27.9 Å². The summed E-state index contributed by atoms with van der Waals surface area (Å²) in [5.41, 5.74) is -2.58. The number of halogens is 3. The van der Waals surface area contributed by atoms with Crippen molar-refractivity contribution in [2.45, 2.75) is 35.1 Å². The molecule has 0 unspecified atom stereocenters. The van der Waals surface area contributed by atoms with E-state index >= 15 is 0 Å². The Morgan fingerprint density at radius 1 is 1.09 bits per heavy atom. The number of anilines is 1. The molecule has 0 bridgehead atoms. The maximum Gasteiger partial charge on any atom is 0.421 e. The molecule has 2 aliphatic rings. The van der Waals surface area contributed by atoms with Crippen LogP contribution in [0.5, 0.6) is 0 Å². The van der Waals surface area contributed by atoms with Gasteiger partial charge in [-0.15, -0.1) is 11.3 Å². The van der Waals surface area contributed by atoms with Crippen LogP contribution in [0.2, 0.25) is 0 Å². The maximum atomic E-state index is 13.2. The first-order valence-electron chi connectivity index (χ1n) is 10.5. The first-order valence-corrected chi connectivity index (χ1v) is 12.8. The van der Waals surface area contributed by atoms with Crippen molar-refractivity contribution in [3.8, 4) is 0 Å². The first kappa shape index (κ1) is 24.4. The van der Waals surface area contributed by atoms with Crippen LogP contribution in [0.3, 0.4) is 0 Å². The number of sulfonamides is 1. The molecule has 0 amide bonds. The highest BCUT2D eigenvalue weighted by molar-refractivity contribution is 7.91. The standard InChI is InChI=1S/C21H26F3N3O4S2/c1-20(29,21(22,23)24)15-4-6-16(7-5-15)27-9-8-26(33(30,31)19-3-2-10-32-19)12-17(27)11-25-13-18(28)14-25/h2-7,10,17-18,28-29H,8-9,11-14H2,1H3/t17-,20+/m1/s1. The molecule has 0 radical (unpaired) electrons. The predicted octanol–water partition coefficient (Wildman–Crippen LogP) is 2.07. The lowest BCUT2D eigenvalue weighted by Gasteiger charge is -2.46. The molecule has 2 atom stereocenters. The molecule has 2 aromatic rings. The molecule has 1 aromatic heterocycles. The van der Waals surface area contributed by atoms with E-state index in [1.54, 1.807) is 17.5 Å². The summed E-state index contributed by atoms with van der Waals surface area (Å²) in [6.45, 7) is 3.03. The Bertz CT molecular complexity index is 1050. The number of hydrogen-bond donors (Lipinski definition) is 2. The van der Waals surface area contributed by atoms with Crippen LogP contribution < -0.4 is 4.90 Å². The Morgan fingerprint density at radius 2 is 1.76 bits per heavy atom. The van der Waals surface area contributed by atoms with E-state index in [0.29, 0.717) is 38.8 Å². The highest BCUT2D eigenvalue weighted by atomic mass is 32.2.